The minimum atomic E-state index is -3.06. The maximum absolute atomic E-state index is 11.4. The molecule has 0 aliphatic carbocycles. The fraction of sp³-hybridized carbons (Fsp3) is 0.727. The highest BCUT2D eigenvalue weighted by molar-refractivity contribution is 7.88. The zero-order valence-electron chi connectivity index (χ0n) is 11.3. The Balaban J connectivity index is 1.92. The lowest BCUT2D eigenvalue weighted by molar-refractivity contribution is 0.388. The van der Waals surface area contributed by atoms with Crippen LogP contribution in [0.1, 0.15) is 12.6 Å². The standard InChI is InChI=1S/C11H20N4O2S2/c1-3-12-8-10-9-18-11(13-10)14-4-6-15(7-5-14)19(2,16)17/h9,12H,3-8H2,1-2H3. The highest BCUT2D eigenvalue weighted by Gasteiger charge is 2.24. The number of anilines is 1. The quantitative estimate of drug-likeness (QED) is 0.849. The van der Waals surface area contributed by atoms with Gasteiger partial charge in [0.2, 0.25) is 10.0 Å². The smallest absolute Gasteiger partial charge is 0.211 e. The summed E-state index contributed by atoms with van der Waals surface area (Å²) in [6, 6.07) is 0. The summed E-state index contributed by atoms with van der Waals surface area (Å²) in [5, 5.41) is 6.29. The van der Waals surface area contributed by atoms with E-state index in [4.69, 9.17) is 0 Å². The Morgan fingerprint density at radius 3 is 2.63 bits per heavy atom. The fourth-order valence-electron chi connectivity index (χ4n) is 1.99. The molecule has 1 saturated heterocycles. The van der Waals surface area contributed by atoms with Crippen LogP contribution >= 0.6 is 11.3 Å². The molecular formula is C11H20N4O2S2. The number of hydrogen-bond acceptors (Lipinski definition) is 6. The van der Waals surface area contributed by atoms with E-state index in [-0.39, 0.29) is 0 Å². The zero-order valence-corrected chi connectivity index (χ0v) is 12.9. The predicted octanol–water partition coefficient (Wildman–Crippen LogP) is 0.334. The molecule has 0 saturated carbocycles. The van der Waals surface area contributed by atoms with Crippen molar-refractivity contribution in [3.05, 3.63) is 11.1 Å². The molecule has 1 aromatic heterocycles. The summed E-state index contributed by atoms with van der Waals surface area (Å²) < 4.78 is 24.4. The second-order valence-electron chi connectivity index (χ2n) is 4.55. The van der Waals surface area contributed by atoms with Crippen molar-refractivity contribution in [3.8, 4) is 0 Å². The van der Waals surface area contributed by atoms with Gasteiger partial charge in [-0.1, -0.05) is 6.92 Å². The van der Waals surface area contributed by atoms with E-state index < -0.39 is 10.0 Å². The van der Waals surface area contributed by atoms with Crippen LogP contribution in [0.25, 0.3) is 0 Å². The van der Waals surface area contributed by atoms with Crippen molar-refractivity contribution in [2.45, 2.75) is 13.5 Å². The van der Waals surface area contributed by atoms with Crippen LogP contribution in [0.15, 0.2) is 5.38 Å². The Morgan fingerprint density at radius 2 is 2.05 bits per heavy atom. The summed E-state index contributed by atoms with van der Waals surface area (Å²) in [5.41, 5.74) is 1.05. The predicted molar refractivity (Wildman–Crippen MR) is 78.1 cm³/mol. The van der Waals surface area contributed by atoms with Crippen LogP contribution in [0, 0.1) is 0 Å². The van der Waals surface area contributed by atoms with Crippen molar-refractivity contribution in [2.75, 3.05) is 43.9 Å². The van der Waals surface area contributed by atoms with Crippen LogP contribution in [0.5, 0.6) is 0 Å². The van der Waals surface area contributed by atoms with Gasteiger partial charge in [-0.2, -0.15) is 4.31 Å². The van der Waals surface area contributed by atoms with E-state index in [0.29, 0.717) is 26.2 Å². The second-order valence-corrected chi connectivity index (χ2v) is 7.37. The summed E-state index contributed by atoms with van der Waals surface area (Å²) in [7, 11) is -3.06. The van der Waals surface area contributed by atoms with E-state index in [1.165, 1.54) is 10.6 Å². The van der Waals surface area contributed by atoms with Crippen molar-refractivity contribution in [3.63, 3.8) is 0 Å². The number of nitrogens with zero attached hydrogens (tertiary/aromatic N) is 3. The molecule has 0 aromatic carbocycles. The monoisotopic (exact) mass is 304 g/mol. The normalized spacial score (nSPS) is 17.9. The molecule has 8 heteroatoms. The first-order valence-corrected chi connectivity index (χ1v) is 9.08. The largest absolute Gasteiger partial charge is 0.345 e. The van der Waals surface area contributed by atoms with Gasteiger partial charge in [0.15, 0.2) is 5.13 Å². The van der Waals surface area contributed by atoms with Crippen LogP contribution in [0.4, 0.5) is 5.13 Å². The van der Waals surface area contributed by atoms with Crippen LogP contribution in [0.3, 0.4) is 0 Å². The SMILES string of the molecule is CCNCc1csc(N2CCN(S(C)(=O)=O)CC2)n1. The van der Waals surface area contributed by atoms with Gasteiger partial charge in [0.25, 0.3) is 0 Å². The maximum atomic E-state index is 11.4. The van der Waals surface area contributed by atoms with Gasteiger partial charge >= 0.3 is 0 Å². The van der Waals surface area contributed by atoms with Crippen molar-refractivity contribution >= 4 is 26.5 Å². The molecule has 1 N–H and O–H groups in total. The van der Waals surface area contributed by atoms with Gasteiger partial charge in [-0.25, -0.2) is 13.4 Å². The molecule has 0 radical (unpaired) electrons. The zero-order chi connectivity index (χ0) is 13.9. The third-order valence-electron chi connectivity index (χ3n) is 3.07. The second kappa shape index (κ2) is 6.17. The Kier molecular flexibility index (Phi) is 4.77. The van der Waals surface area contributed by atoms with Gasteiger partial charge in [-0.3, -0.25) is 0 Å². The van der Waals surface area contributed by atoms with Crippen molar-refractivity contribution in [1.82, 2.24) is 14.6 Å². The lowest BCUT2D eigenvalue weighted by atomic mass is 10.4. The van der Waals surface area contributed by atoms with Gasteiger partial charge in [-0.05, 0) is 6.54 Å². The molecule has 1 aliphatic heterocycles. The topological polar surface area (TPSA) is 65.5 Å². The van der Waals surface area contributed by atoms with Gasteiger partial charge in [0.1, 0.15) is 0 Å². The summed E-state index contributed by atoms with van der Waals surface area (Å²) >= 11 is 1.62. The Morgan fingerprint density at radius 1 is 1.37 bits per heavy atom. The van der Waals surface area contributed by atoms with Crippen LogP contribution < -0.4 is 10.2 Å². The molecule has 0 atom stereocenters. The molecule has 6 nitrogen and oxygen atoms in total. The molecule has 0 bridgehead atoms. The summed E-state index contributed by atoms with van der Waals surface area (Å²) in [6.45, 7) is 6.29. The first-order valence-electron chi connectivity index (χ1n) is 6.36. The van der Waals surface area contributed by atoms with E-state index in [9.17, 15) is 8.42 Å². The van der Waals surface area contributed by atoms with Gasteiger partial charge in [0, 0.05) is 38.1 Å². The van der Waals surface area contributed by atoms with Crippen LogP contribution in [-0.2, 0) is 16.6 Å². The minimum absolute atomic E-state index is 0.543. The van der Waals surface area contributed by atoms with E-state index in [0.717, 1.165) is 23.9 Å². The average Bonchev–Trinajstić information content (AvgIpc) is 2.84. The Hall–Kier alpha value is -0.700. The summed E-state index contributed by atoms with van der Waals surface area (Å²) in [5.74, 6) is 0. The average molecular weight is 304 g/mol. The van der Waals surface area contributed by atoms with Crippen LogP contribution in [0.2, 0.25) is 0 Å². The van der Waals surface area contributed by atoms with Crippen molar-refractivity contribution < 1.29 is 8.42 Å². The third kappa shape index (κ3) is 3.88. The number of aromatic nitrogens is 1. The number of piperazine rings is 1. The number of rotatable bonds is 5. The number of thiazole rings is 1. The van der Waals surface area contributed by atoms with E-state index in [1.807, 2.05) is 0 Å². The summed E-state index contributed by atoms with van der Waals surface area (Å²) in [6.07, 6.45) is 1.26. The molecular weight excluding hydrogens is 284 g/mol. The highest BCUT2D eigenvalue weighted by atomic mass is 32.2. The molecule has 0 unspecified atom stereocenters. The fourth-order valence-corrected chi connectivity index (χ4v) is 3.69. The van der Waals surface area contributed by atoms with Gasteiger partial charge in [0.05, 0.1) is 11.9 Å². The molecule has 0 spiro atoms. The molecule has 1 aliphatic rings. The number of nitrogens with one attached hydrogen (secondary N) is 1. The maximum Gasteiger partial charge on any atom is 0.211 e. The van der Waals surface area contributed by atoms with E-state index >= 15 is 0 Å². The van der Waals surface area contributed by atoms with Gasteiger partial charge in [-0.15, -0.1) is 11.3 Å². The van der Waals surface area contributed by atoms with E-state index in [2.05, 4.69) is 27.5 Å². The molecule has 2 rings (SSSR count). The molecule has 2 heterocycles. The molecule has 1 fully saturated rings. The Bertz CT molecular complexity index is 507. The van der Waals surface area contributed by atoms with E-state index in [1.54, 1.807) is 11.3 Å². The van der Waals surface area contributed by atoms with Crippen molar-refractivity contribution in [1.29, 1.82) is 0 Å². The minimum Gasteiger partial charge on any atom is -0.345 e. The molecule has 0 amide bonds. The highest BCUT2D eigenvalue weighted by Crippen LogP contribution is 2.22. The third-order valence-corrected chi connectivity index (χ3v) is 5.33. The number of sulfonamides is 1. The first kappa shape index (κ1) is 14.7. The first-order chi connectivity index (χ1) is 9.00. The number of hydrogen-bond donors (Lipinski definition) is 1. The lowest BCUT2D eigenvalue weighted by Gasteiger charge is -2.32. The lowest BCUT2D eigenvalue weighted by Crippen LogP contribution is -2.48. The molecule has 108 valence electrons. The summed E-state index contributed by atoms with van der Waals surface area (Å²) in [4.78, 5) is 6.73. The molecule has 19 heavy (non-hydrogen) atoms. The van der Waals surface area contributed by atoms with Crippen molar-refractivity contribution in [2.24, 2.45) is 0 Å². The molecule has 1 aromatic rings. The Labute approximate surface area is 118 Å². The van der Waals surface area contributed by atoms with Crippen LogP contribution in [-0.4, -0.2) is 56.7 Å². The van der Waals surface area contributed by atoms with Gasteiger partial charge < -0.3 is 10.2 Å².